The average molecular weight is 254 g/mol. The van der Waals surface area contributed by atoms with E-state index in [4.69, 9.17) is 5.11 Å². The quantitative estimate of drug-likeness (QED) is 0.793. The molecule has 92 valence electrons. The lowest BCUT2D eigenvalue weighted by molar-refractivity contribution is 0.0312. The van der Waals surface area contributed by atoms with Crippen LogP contribution in [0.3, 0.4) is 0 Å². The van der Waals surface area contributed by atoms with Gasteiger partial charge in [0.25, 0.3) is 0 Å². The van der Waals surface area contributed by atoms with E-state index in [1.165, 1.54) is 16.2 Å². The molecule has 5 nitrogen and oxygen atoms in total. The first-order valence-corrected chi connectivity index (χ1v) is 6.57. The highest BCUT2D eigenvalue weighted by Gasteiger charge is 2.51. The standard InChI is InChI=1S/C11H14N2O3S/c14-10(15)13-5-7-3-11(16,4-8(7)6-13)9-12-1-2-17-9/h1-2,7-8,16H,3-6H2,(H,14,15). The predicted molar refractivity (Wildman–Crippen MR) is 61.8 cm³/mol. The topological polar surface area (TPSA) is 73.7 Å². The molecule has 17 heavy (non-hydrogen) atoms. The van der Waals surface area contributed by atoms with Gasteiger partial charge in [-0.25, -0.2) is 9.78 Å². The summed E-state index contributed by atoms with van der Waals surface area (Å²) in [4.78, 5) is 16.5. The van der Waals surface area contributed by atoms with Crippen molar-refractivity contribution in [2.24, 2.45) is 11.8 Å². The Balaban J connectivity index is 1.75. The van der Waals surface area contributed by atoms with Crippen LogP contribution in [0.4, 0.5) is 4.79 Å². The summed E-state index contributed by atoms with van der Waals surface area (Å²) in [5.74, 6) is 0.556. The highest BCUT2D eigenvalue weighted by molar-refractivity contribution is 7.09. The SMILES string of the molecule is O=C(O)N1CC2CC(O)(c3nccs3)CC2C1. The second-order valence-corrected chi connectivity index (χ2v) is 5.88. The number of carboxylic acid groups (broad SMARTS) is 1. The first-order chi connectivity index (χ1) is 8.08. The lowest BCUT2D eigenvalue weighted by Crippen LogP contribution is -2.31. The van der Waals surface area contributed by atoms with Crippen molar-refractivity contribution in [2.45, 2.75) is 18.4 Å². The minimum Gasteiger partial charge on any atom is -0.465 e. The average Bonchev–Trinajstić information content (AvgIpc) is 2.88. The van der Waals surface area contributed by atoms with Crippen LogP contribution in [-0.4, -0.2) is 39.3 Å². The molecule has 0 bridgehead atoms. The van der Waals surface area contributed by atoms with Crippen LogP contribution in [0, 0.1) is 11.8 Å². The van der Waals surface area contributed by atoms with Crippen molar-refractivity contribution in [3.63, 3.8) is 0 Å². The van der Waals surface area contributed by atoms with Gasteiger partial charge in [-0.2, -0.15) is 0 Å². The van der Waals surface area contributed by atoms with Gasteiger partial charge >= 0.3 is 6.09 Å². The summed E-state index contributed by atoms with van der Waals surface area (Å²) < 4.78 is 0. The van der Waals surface area contributed by atoms with Crippen LogP contribution in [0.2, 0.25) is 0 Å². The Morgan fingerprint density at radius 2 is 2.12 bits per heavy atom. The van der Waals surface area contributed by atoms with E-state index < -0.39 is 11.7 Å². The Morgan fingerprint density at radius 3 is 2.59 bits per heavy atom. The van der Waals surface area contributed by atoms with E-state index in [-0.39, 0.29) is 11.8 Å². The van der Waals surface area contributed by atoms with Crippen molar-refractivity contribution >= 4 is 17.4 Å². The zero-order valence-corrected chi connectivity index (χ0v) is 10.1. The van der Waals surface area contributed by atoms with Crippen LogP contribution in [0.5, 0.6) is 0 Å². The molecular formula is C11H14N2O3S. The van der Waals surface area contributed by atoms with Crippen molar-refractivity contribution < 1.29 is 15.0 Å². The maximum absolute atomic E-state index is 10.9. The molecule has 6 heteroatoms. The van der Waals surface area contributed by atoms with E-state index >= 15 is 0 Å². The van der Waals surface area contributed by atoms with Gasteiger partial charge in [0, 0.05) is 24.7 Å². The molecule has 1 aliphatic carbocycles. The molecule has 2 atom stereocenters. The molecule has 0 spiro atoms. The number of aromatic nitrogens is 1. The second-order valence-electron chi connectivity index (χ2n) is 4.98. The molecule has 2 fully saturated rings. The molecule has 0 aromatic carbocycles. The largest absolute Gasteiger partial charge is 0.465 e. The van der Waals surface area contributed by atoms with Crippen molar-refractivity contribution in [3.8, 4) is 0 Å². The van der Waals surface area contributed by atoms with Gasteiger partial charge in [0.15, 0.2) is 0 Å². The fraction of sp³-hybridized carbons (Fsp3) is 0.636. The molecule has 2 heterocycles. The minimum atomic E-state index is -0.850. The smallest absolute Gasteiger partial charge is 0.407 e. The van der Waals surface area contributed by atoms with E-state index in [0.717, 1.165) is 5.01 Å². The van der Waals surface area contributed by atoms with Crippen molar-refractivity contribution in [3.05, 3.63) is 16.6 Å². The molecule has 3 rings (SSSR count). The normalized spacial score (nSPS) is 36.2. The number of rotatable bonds is 1. The molecule has 1 saturated heterocycles. The molecule has 1 saturated carbocycles. The molecule has 2 aliphatic rings. The number of aliphatic hydroxyl groups is 1. The van der Waals surface area contributed by atoms with Gasteiger partial charge < -0.3 is 15.1 Å². The van der Waals surface area contributed by atoms with Gasteiger partial charge in [-0.15, -0.1) is 11.3 Å². The zero-order chi connectivity index (χ0) is 12.0. The van der Waals surface area contributed by atoms with E-state index in [0.29, 0.717) is 25.9 Å². The first-order valence-electron chi connectivity index (χ1n) is 5.69. The number of hydrogen-bond acceptors (Lipinski definition) is 4. The Morgan fingerprint density at radius 1 is 1.47 bits per heavy atom. The molecule has 1 aliphatic heterocycles. The van der Waals surface area contributed by atoms with Gasteiger partial charge in [0.05, 0.1) is 0 Å². The number of fused-ring (bicyclic) bond motifs is 1. The monoisotopic (exact) mass is 254 g/mol. The molecule has 2 N–H and O–H groups in total. The first kappa shape index (κ1) is 11.0. The predicted octanol–water partition coefficient (Wildman–Crippen LogP) is 1.35. The Hall–Kier alpha value is -1.14. The number of nitrogens with zero attached hydrogens (tertiary/aromatic N) is 2. The van der Waals surface area contributed by atoms with E-state index in [2.05, 4.69) is 4.98 Å². The number of amides is 1. The number of carbonyl (C=O) groups is 1. The summed E-state index contributed by atoms with van der Waals surface area (Å²) in [6, 6.07) is 0. The molecule has 2 unspecified atom stereocenters. The van der Waals surface area contributed by atoms with Crippen LogP contribution >= 0.6 is 11.3 Å². The van der Waals surface area contributed by atoms with E-state index in [1.54, 1.807) is 6.20 Å². The molecule has 0 radical (unpaired) electrons. The van der Waals surface area contributed by atoms with Gasteiger partial charge in [0.1, 0.15) is 10.6 Å². The van der Waals surface area contributed by atoms with Crippen LogP contribution in [0.1, 0.15) is 17.8 Å². The molecular weight excluding hydrogens is 240 g/mol. The molecule has 1 amide bonds. The van der Waals surface area contributed by atoms with Crippen LogP contribution in [0.15, 0.2) is 11.6 Å². The Kier molecular flexibility index (Phi) is 2.38. The van der Waals surface area contributed by atoms with Gasteiger partial charge in [0.2, 0.25) is 0 Å². The zero-order valence-electron chi connectivity index (χ0n) is 9.24. The van der Waals surface area contributed by atoms with Gasteiger partial charge in [-0.05, 0) is 24.7 Å². The maximum Gasteiger partial charge on any atom is 0.407 e. The van der Waals surface area contributed by atoms with Crippen molar-refractivity contribution in [1.82, 2.24) is 9.88 Å². The maximum atomic E-state index is 10.9. The van der Waals surface area contributed by atoms with Crippen LogP contribution < -0.4 is 0 Å². The molecule has 1 aromatic rings. The third-order valence-corrected chi connectivity index (χ3v) is 4.84. The number of thiazole rings is 1. The fourth-order valence-corrected chi connectivity index (χ4v) is 3.89. The summed E-state index contributed by atoms with van der Waals surface area (Å²) in [7, 11) is 0. The highest BCUT2D eigenvalue weighted by atomic mass is 32.1. The second kappa shape index (κ2) is 3.68. The summed E-state index contributed by atoms with van der Waals surface area (Å²) in [6.07, 6.45) is 2.12. The molecule has 1 aromatic heterocycles. The third kappa shape index (κ3) is 1.71. The summed E-state index contributed by atoms with van der Waals surface area (Å²) in [5.41, 5.74) is -0.825. The Bertz CT molecular complexity index is 420. The summed E-state index contributed by atoms with van der Waals surface area (Å²) >= 11 is 1.47. The van der Waals surface area contributed by atoms with E-state index in [9.17, 15) is 9.90 Å². The lowest BCUT2D eigenvalue weighted by Gasteiger charge is -2.22. The lowest BCUT2D eigenvalue weighted by atomic mass is 10.0. The summed E-state index contributed by atoms with van der Waals surface area (Å²) in [6.45, 7) is 1.10. The highest BCUT2D eigenvalue weighted by Crippen LogP contribution is 2.49. The van der Waals surface area contributed by atoms with Crippen molar-refractivity contribution in [2.75, 3.05) is 13.1 Å². The minimum absolute atomic E-state index is 0.278. The summed E-state index contributed by atoms with van der Waals surface area (Å²) in [5, 5.41) is 22.1. The van der Waals surface area contributed by atoms with Gasteiger partial charge in [-0.3, -0.25) is 0 Å². The van der Waals surface area contributed by atoms with Crippen molar-refractivity contribution in [1.29, 1.82) is 0 Å². The number of hydrogen-bond donors (Lipinski definition) is 2. The van der Waals surface area contributed by atoms with Gasteiger partial charge in [-0.1, -0.05) is 0 Å². The Labute approximate surface area is 103 Å². The number of likely N-dealkylation sites (tertiary alicyclic amines) is 1. The van der Waals surface area contributed by atoms with Crippen LogP contribution in [-0.2, 0) is 5.60 Å². The van der Waals surface area contributed by atoms with Crippen LogP contribution in [0.25, 0.3) is 0 Å². The van der Waals surface area contributed by atoms with E-state index in [1.807, 2.05) is 5.38 Å². The third-order valence-electron chi connectivity index (χ3n) is 3.88. The fourth-order valence-electron chi connectivity index (χ4n) is 3.14.